The van der Waals surface area contributed by atoms with Crippen LogP contribution in [0, 0.1) is 5.92 Å². The molecule has 1 N–H and O–H groups in total. The Balaban J connectivity index is 1.80. The summed E-state index contributed by atoms with van der Waals surface area (Å²) in [5.74, 6) is 1.72. The minimum absolute atomic E-state index is 0.742. The zero-order valence-electron chi connectivity index (χ0n) is 13.5. The molecular formula is C17H28N4. The van der Waals surface area contributed by atoms with Gasteiger partial charge >= 0.3 is 0 Å². The van der Waals surface area contributed by atoms with Crippen molar-refractivity contribution < 1.29 is 0 Å². The fourth-order valence-electron chi connectivity index (χ4n) is 2.92. The van der Waals surface area contributed by atoms with Gasteiger partial charge in [0, 0.05) is 33.7 Å². The number of nitrogens with zero attached hydrogens (tertiary/aromatic N) is 3. The number of likely N-dealkylation sites (tertiary alicyclic amines) is 1. The molecule has 1 fully saturated rings. The van der Waals surface area contributed by atoms with E-state index in [1.807, 2.05) is 7.05 Å². The minimum atomic E-state index is 0.742. The monoisotopic (exact) mass is 288 g/mol. The molecule has 2 rings (SSSR count). The van der Waals surface area contributed by atoms with Gasteiger partial charge in [-0.25, -0.2) is 0 Å². The van der Waals surface area contributed by atoms with Crippen LogP contribution in [-0.2, 0) is 6.54 Å². The number of nitrogens with one attached hydrogen (secondary N) is 1. The lowest BCUT2D eigenvalue weighted by Crippen LogP contribution is -2.41. The summed E-state index contributed by atoms with van der Waals surface area (Å²) in [7, 11) is 3.95. The van der Waals surface area contributed by atoms with Gasteiger partial charge in [0.15, 0.2) is 5.96 Å². The van der Waals surface area contributed by atoms with E-state index >= 15 is 0 Å². The van der Waals surface area contributed by atoms with Gasteiger partial charge in [-0.2, -0.15) is 0 Å². The van der Waals surface area contributed by atoms with E-state index in [2.05, 4.69) is 64.4 Å². The van der Waals surface area contributed by atoms with Gasteiger partial charge in [-0.3, -0.25) is 4.99 Å². The number of rotatable bonds is 5. The highest BCUT2D eigenvalue weighted by molar-refractivity contribution is 5.79. The van der Waals surface area contributed by atoms with E-state index < -0.39 is 0 Å². The maximum atomic E-state index is 4.40. The Morgan fingerprint density at radius 1 is 1.38 bits per heavy atom. The molecule has 4 heteroatoms. The Morgan fingerprint density at radius 2 is 2.14 bits per heavy atom. The van der Waals surface area contributed by atoms with E-state index in [-0.39, 0.29) is 0 Å². The Kier molecular flexibility index (Phi) is 6.05. The third kappa shape index (κ3) is 4.74. The molecule has 0 radical (unpaired) electrons. The predicted octanol–water partition coefficient (Wildman–Crippen LogP) is 2.04. The smallest absolute Gasteiger partial charge is 0.193 e. The van der Waals surface area contributed by atoms with Crippen molar-refractivity contribution in [3.8, 4) is 0 Å². The molecule has 1 heterocycles. The molecule has 1 saturated heterocycles. The predicted molar refractivity (Wildman–Crippen MR) is 89.5 cm³/mol. The standard InChI is InChI=1S/C17H28N4/c1-4-21-11-10-16(14-21)12-19-17(18-2)20(3)13-15-8-6-5-7-9-15/h5-9,16H,4,10-14H2,1-3H3,(H,18,19). The molecule has 0 amide bonds. The summed E-state index contributed by atoms with van der Waals surface area (Å²) in [5.41, 5.74) is 1.31. The number of benzene rings is 1. The van der Waals surface area contributed by atoms with Crippen LogP contribution in [0.15, 0.2) is 35.3 Å². The number of hydrogen-bond donors (Lipinski definition) is 1. The zero-order valence-corrected chi connectivity index (χ0v) is 13.5. The van der Waals surface area contributed by atoms with Crippen molar-refractivity contribution in [3.63, 3.8) is 0 Å². The summed E-state index contributed by atoms with van der Waals surface area (Å²) in [5, 5.41) is 3.53. The Bertz CT molecular complexity index is 443. The van der Waals surface area contributed by atoms with Gasteiger partial charge in [0.25, 0.3) is 0 Å². The van der Waals surface area contributed by atoms with Crippen molar-refractivity contribution in [2.75, 3.05) is 40.3 Å². The van der Waals surface area contributed by atoms with Crippen molar-refractivity contribution in [2.24, 2.45) is 10.9 Å². The van der Waals surface area contributed by atoms with E-state index in [4.69, 9.17) is 0 Å². The molecule has 116 valence electrons. The molecule has 1 unspecified atom stereocenters. The Morgan fingerprint density at radius 3 is 2.76 bits per heavy atom. The summed E-state index contributed by atoms with van der Waals surface area (Å²) < 4.78 is 0. The summed E-state index contributed by atoms with van der Waals surface area (Å²) in [4.78, 5) is 9.10. The fraction of sp³-hybridized carbons (Fsp3) is 0.588. The van der Waals surface area contributed by atoms with Crippen molar-refractivity contribution >= 4 is 5.96 Å². The van der Waals surface area contributed by atoms with Crippen LogP contribution < -0.4 is 5.32 Å². The van der Waals surface area contributed by atoms with E-state index in [1.165, 1.54) is 31.6 Å². The second-order valence-corrected chi connectivity index (χ2v) is 5.82. The maximum absolute atomic E-state index is 4.40. The fourth-order valence-corrected chi connectivity index (χ4v) is 2.92. The molecule has 0 saturated carbocycles. The van der Waals surface area contributed by atoms with Crippen LogP contribution in [0.4, 0.5) is 0 Å². The molecule has 1 aromatic rings. The average Bonchev–Trinajstić information content (AvgIpc) is 2.97. The topological polar surface area (TPSA) is 30.9 Å². The third-order valence-electron chi connectivity index (χ3n) is 4.20. The van der Waals surface area contributed by atoms with Crippen LogP contribution in [0.25, 0.3) is 0 Å². The lowest BCUT2D eigenvalue weighted by atomic mass is 10.1. The third-order valence-corrected chi connectivity index (χ3v) is 4.20. The van der Waals surface area contributed by atoms with Gasteiger partial charge in [-0.1, -0.05) is 37.3 Å². The first-order valence-corrected chi connectivity index (χ1v) is 7.91. The van der Waals surface area contributed by atoms with Gasteiger partial charge in [0.1, 0.15) is 0 Å². The molecular weight excluding hydrogens is 260 g/mol. The summed E-state index contributed by atoms with van der Waals surface area (Å²) in [6, 6.07) is 10.5. The van der Waals surface area contributed by atoms with Crippen molar-refractivity contribution in [3.05, 3.63) is 35.9 Å². The summed E-state index contributed by atoms with van der Waals surface area (Å²) in [6.45, 7) is 7.75. The van der Waals surface area contributed by atoms with Gasteiger partial charge < -0.3 is 15.1 Å². The van der Waals surface area contributed by atoms with Crippen LogP contribution in [0.3, 0.4) is 0 Å². The van der Waals surface area contributed by atoms with Crippen LogP contribution in [0.1, 0.15) is 18.9 Å². The number of aliphatic imine (C=N–C) groups is 1. The SMILES string of the molecule is CCN1CCC(CNC(=NC)N(C)Cc2ccccc2)C1. The number of guanidine groups is 1. The number of hydrogen-bond acceptors (Lipinski definition) is 2. The van der Waals surface area contributed by atoms with Gasteiger partial charge in [0.2, 0.25) is 0 Å². The molecule has 0 aliphatic carbocycles. The molecule has 1 atom stereocenters. The van der Waals surface area contributed by atoms with Gasteiger partial charge in [-0.15, -0.1) is 0 Å². The van der Waals surface area contributed by atoms with Crippen LogP contribution >= 0.6 is 0 Å². The van der Waals surface area contributed by atoms with Crippen LogP contribution in [0.2, 0.25) is 0 Å². The van der Waals surface area contributed by atoms with E-state index in [0.29, 0.717) is 0 Å². The van der Waals surface area contributed by atoms with Gasteiger partial charge in [0.05, 0.1) is 0 Å². The van der Waals surface area contributed by atoms with Crippen LogP contribution in [0.5, 0.6) is 0 Å². The van der Waals surface area contributed by atoms with Crippen molar-refractivity contribution in [1.29, 1.82) is 0 Å². The molecule has 0 spiro atoms. The summed E-state index contributed by atoms with van der Waals surface area (Å²) >= 11 is 0. The first-order chi connectivity index (χ1) is 10.2. The maximum Gasteiger partial charge on any atom is 0.193 e. The van der Waals surface area contributed by atoms with Crippen molar-refractivity contribution in [2.45, 2.75) is 19.9 Å². The molecule has 1 aliphatic heterocycles. The molecule has 0 bridgehead atoms. The first kappa shape index (κ1) is 15.8. The summed E-state index contributed by atoms with van der Waals surface area (Å²) in [6.07, 6.45) is 1.29. The largest absolute Gasteiger partial charge is 0.356 e. The molecule has 0 aromatic heterocycles. The van der Waals surface area contributed by atoms with Gasteiger partial charge in [-0.05, 0) is 31.0 Å². The normalized spacial score (nSPS) is 19.8. The zero-order chi connectivity index (χ0) is 15.1. The van der Waals surface area contributed by atoms with Crippen molar-refractivity contribution in [1.82, 2.24) is 15.1 Å². The van der Waals surface area contributed by atoms with Crippen LogP contribution in [-0.4, -0.2) is 56.0 Å². The average molecular weight is 288 g/mol. The molecule has 21 heavy (non-hydrogen) atoms. The highest BCUT2D eigenvalue weighted by Crippen LogP contribution is 2.14. The van der Waals surface area contributed by atoms with E-state index in [1.54, 1.807) is 0 Å². The molecule has 1 aliphatic rings. The lowest BCUT2D eigenvalue weighted by molar-refractivity contribution is 0.340. The second-order valence-electron chi connectivity index (χ2n) is 5.82. The molecule has 4 nitrogen and oxygen atoms in total. The van der Waals surface area contributed by atoms with E-state index in [9.17, 15) is 0 Å². The van der Waals surface area contributed by atoms with E-state index in [0.717, 1.165) is 25.0 Å². The minimum Gasteiger partial charge on any atom is -0.356 e. The highest BCUT2D eigenvalue weighted by Gasteiger charge is 2.21. The lowest BCUT2D eigenvalue weighted by Gasteiger charge is -2.23. The first-order valence-electron chi connectivity index (χ1n) is 7.91. The quantitative estimate of drug-likeness (QED) is 0.664. The second kappa shape index (κ2) is 8.03. The Hall–Kier alpha value is -1.55. The molecule has 1 aromatic carbocycles. The Labute approximate surface area is 128 Å². The highest BCUT2D eigenvalue weighted by atomic mass is 15.3.